The van der Waals surface area contributed by atoms with Crippen LogP contribution in [-0.2, 0) is 9.84 Å². The maximum absolute atomic E-state index is 12.0. The highest BCUT2D eigenvalue weighted by Gasteiger charge is 2.09. The van der Waals surface area contributed by atoms with Crippen molar-refractivity contribution >= 4 is 39.8 Å². The summed E-state index contributed by atoms with van der Waals surface area (Å²) in [5.74, 6) is 0.748. The zero-order valence-corrected chi connectivity index (χ0v) is 14.9. The van der Waals surface area contributed by atoms with Crippen molar-refractivity contribution in [2.75, 3.05) is 31.8 Å². The molecule has 1 unspecified atom stereocenters. The fraction of sp³-hybridized carbons (Fsp3) is 0.909. The van der Waals surface area contributed by atoms with Gasteiger partial charge in [0.15, 0.2) is 5.96 Å². The van der Waals surface area contributed by atoms with Crippen LogP contribution in [0.25, 0.3) is 0 Å². The fourth-order valence-corrected chi connectivity index (χ4v) is 2.05. The van der Waals surface area contributed by atoms with E-state index in [1.54, 1.807) is 0 Å². The Balaban J connectivity index is 0. The Morgan fingerprint density at radius 1 is 1.42 bits per heavy atom. The molecule has 0 rings (SSSR count). The van der Waals surface area contributed by atoms with Crippen LogP contribution in [0.4, 0.5) is 4.39 Å². The second-order valence-corrected chi connectivity index (χ2v) is 6.53. The van der Waals surface area contributed by atoms with E-state index >= 15 is 0 Å². The number of halogens is 2. The van der Waals surface area contributed by atoms with E-state index in [4.69, 9.17) is 0 Å². The minimum Gasteiger partial charge on any atom is -0.357 e. The molecule has 0 aromatic carbocycles. The molecule has 0 aromatic heterocycles. The average Bonchev–Trinajstić information content (AvgIpc) is 2.26. The molecule has 5 nitrogen and oxygen atoms in total. The van der Waals surface area contributed by atoms with Crippen molar-refractivity contribution in [3.63, 3.8) is 0 Å². The average molecular weight is 409 g/mol. The first-order valence-electron chi connectivity index (χ1n) is 6.17. The van der Waals surface area contributed by atoms with Crippen molar-refractivity contribution in [1.82, 2.24) is 10.6 Å². The summed E-state index contributed by atoms with van der Waals surface area (Å²) < 4.78 is 34.1. The molecule has 2 N–H and O–H groups in total. The molecule has 0 heterocycles. The van der Waals surface area contributed by atoms with Crippen molar-refractivity contribution in [2.24, 2.45) is 4.99 Å². The van der Waals surface area contributed by atoms with Gasteiger partial charge in [-0.3, -0.25) is 9.38 Å². The number of rotatable bonds is 8. The van der Waals surface area contributed by atoms with Crippen LogP contribution < -0.4 is 10.6 Å². The van der Waals surface area contributed by atoms with Crippen molar-refractivity contribution in [2.45, 2.75) is 32.7 Å². The lowest BCUT2D eigenvalue weighted by Gasteiger charge is -2.17. The molecule has 0 aliphatic heterocycles. The molecule has 19 heavy (non-hydrogen) atoms. The summed E-state index contributed by atoms with van der Waals surface area (Å²) >= 11 is 0. The fourth-order valence-electron chi connectivity index (χ4n) is 1.27. The first-order chi connectivity index (χ1) is 8.39. The molecule has 0 bridgehead atoms. The van der Waals surface area contributed by atoms with Gasteiger partial charge in [-0.15, -0.1) is 24.0 Å². The van der Waals surface area contributed by atoms with Gasteiger partial charge in [-0.2, -0.15) is 0 Å². The molecule has 0 aliphatic rings. The largest absolute Gasteiger partial charge is 0.357 e. The normalized spacial score (nSPS) is 13.6. The zero-order valence-electron chi connectivity index (χ0n) is 11.8. The molecule has 0 aliphatic carbocycles. The molecule has 0 amide bonds. The minimum absolute atomic E-state index is 0. The first-order valence-corrected chi connectivity index (χ1v) is 8.23. The number of aliphatic imine (C=N–C) groups is 1. The van der Waals surface area contributed by atoms with Gasteiger partial charge < -0.3 is 10.6 Å². The molecule has 8 heteroatoms. The molecule has 0 radical (unpaired) electrons. The van der Waals surface area contributed by atoms with Gasteiger partial charge >= 0.3 is 0 Å². The summed E-state index contributed by atoms with van der Waals surface area (Å²) in [4.78, 5) is 4.19. The van der Waals surface area contributed by atoms with E-state index in [1.807, 2.05) is 13.8 Å². The molecule has 1 atom stereocenters. The van der Waals surface area contributed by atoms with Gasteiger partial charge in [0.2, 0.25) is 0 Å². The predicted molar refractivity (Wildman–Crippen MR) is 88.9 cm³/mol. The Morgan fingerprint density at radius 3 is 2.53 bits per heavy atom. The Kier molecular flexibility index (Phi) is 13.0. The van der Waals surface area contributed by atoms with Crippen LogP contribution in [-0.4, -0.2) is 52.2 Å². The van der Waals surface area contributed by atoms with Crippen molar-refractivity contribution in [3.05, 3.63) is 0 Å². The lowest BCUT2D eigenvalue weighted by Crippen LogP contribution is -2.42. The molecule has 116 valence electrons. The summed E-state index contributed by atoms with van der Waals surface area (Å²) in [5.41, 5.74) is 0. The van der Waals surface area contributed by atoms with Crippen molar-refractivity contribution in [3.8, 4) is 0 Å². The van der Waals surface area contributed by atoms with E-state index < -0.39 is 9.84 Å². The SMILES string of the molecule is CCNC(=NCCCF)NC(C)CCS(C)(=O)=O.I. The quantitative estimate of drug-likeness (QED) is 0.275. The number of nitrogens with one attached hydrogen (secondary N) is 2. The standard InChI is InChI=1S/C11H24FN3O2S.HI/c1-4-13-11(14-8-5-7-12)15-10(2)6-9-18(3,16)17;/h10H,4-9H2,1-3H3,(H2,13,14,15);1H. The van der Waals surface area contributed by atoms with Gasteiger partial charge in [0.1, 0.15) is 9.84 Å². The third-order valence-corrected chi connectivity index (χ3v) is 3.19. The molecule has 0 fully saturated rings. The second-order valence-electron chi connectivity index (χ2n) is 4.27. The topological polar surface area (TPSA) is 70.6 Å². The number of nitrogens with zero attached hydrogens (tertiary/aromatic N) is 1. The van der Waals surface area contributed by atoms with Crippen LogP contribution >= 0.6 is 24.0 Å². The predicted octanol–water partition coefficient (Wildman–Crippen LogP) is 1.34. The summed E-state index contributed by atoms with van der Waals surface area (Å²) in [6.07, 6.45) is 2.14. The number of guanidine groups is 1. The Hall–Kier alpha value is -0.120. The van der Waals surface area contributed by atoms with Crippen LogP contribution in [0.15, 0.2) is 4.99 Å². The lowest BCUT2D eigenvalue weighted by molar-refractivity contribution is 0.477. The lowest BCUT2D eigenvalue weighted by atomic mass is 10.3. The summed E-state index contributed by atoms with van der Waals surface area (Å²) in [7, 11) is -2.94. The molecular weight excluding hydrogens is 384 g/mol. The Labute approximate surface area is 132 Å². The first kappa shape index (κ1) is 21.2. The minimum atomic E-state index is -2.94. The number of hydrogen-bond donors (Lipinski definition) is 2. The third kappa shape index (κ3) is 14.1. The third-order valence-electron chi connectivity index (χ3n) is 2.21. The molecule has 0 saturated heterocycles. The highest BCUT2D eigenvalue weighted by molar-refractivity contribution is 14.0. The van der Waals surface area contributed by atoms with Crippen LogP contribution in [0.2, 0.25) is 0 Å². The highest BCUT2D eigenvalue weighted by Crippen LogP contribution is 1.95. The Morgan fingerprint density at radius 2 is 2.05 bits per heavy atom. The van der Waals surface area contributed by atoms with E-state index in [-0.39, 0.29) is 42.4 Å². The molecule has 0 aromatic rings. The number of alkyl halides is 1. The maximum atomic E-state index is 12.0. The van der Waals surface area contributed by atoms with Crippen molar-refractivity contribution in [1.29, 1.82) is 0 Å². The summed E-state index contributed by atoms with van der Waals surface area (Å²) in [6.45, 7) is 4.58. The molecule has 0 spiro atoms. The van der Waals surface area contributed by atoms with Crippen LogP contribution in [0, 0.1) is 0 Å². The summed E-state index contributed by atoms with van der Waals surface area (Å²) in [5, 5.41) is 6.14. The number of hydrogen-bond acceptors (Lipinski definition) is 3. The monoisotopic (exact) mass is 409 g/mol. The van der Waals surface area contributed by atoms with Gasteiger partial charge in [0.05, 0.1) is 12.4 Å². The number of sulfone groups is 1. The van der Waals surface area contributed by atoms with Gasteiger partial charge in [0.25, 0.3) is 0 Å². The molecular formula is C11H25FIN3O2S. The molecule has 0 saturated carbocycles. The van der Waals surface area contributed by atoms with Gasteiger partial charge in [-0.05, 0) is 26.7 Å². The highest BCUT2D eigenvalue weighted by atomic mass is 127. The van der Waals surface area contributed by atoms with Crippen LogP contribution in [0.1, 0.15) is 26.7 Å². The van der Waals surface area contributed by atoms with E-state index in [0.717, 1.165) is 0 Å². The van der Waals surface area contributed by atoms with Gasteiger partial charge in [0, 0.05) is 25.4 Å². The maximum Gasteiger partial charge on any atom is 0.191 e. The van der Waals surface area contributed by atoms with E-state index in [2.05, 4.69) is 15.6 Å². The van der Waals surface area contributed by atoms with Gasteiger partial charge in [-0.25, -0.2) is 8.42 Å². The zero-order chi connectivity index (χ0) is 14.0. The van der Waals surface area contributed by atoms with Crippen LogP contribution in [0.3, 0.4) is 0 Å². The van der Waals surface area contributed by atoms with Gasteiger partial charge in [-0.1, -0.05) is 0 Å². The smallest absolute Gasteiger partial charge is 0.191 e. The van der Waals surface area contributed by atoms with E-state index in [9.17, 15) is 12.8 Å². The Bertz CT molecular complexity index is 350. The summed E-state index contributed by atoms with van der Waals surface area (Å²) in [6, 6.07) is 0.00269. The van der Waals surface area contributed by atoms with Crippen molar-refractivity contribution < 1.29 is 12.8 Å². The van der Waals surface area contributed by atoms with E-state index in [1.165, 1.54) is 6.26 Å². The van der Waals surface area contributed by atoms with Crippen LogP contribution in [0.5, 0.6) is 0 Å². The van der Waals surface area contributed by atoms with E-state index in [0.29, 0.717) is 31.9 Å². The second kappa shape index (κ2) is 11.7.